The molecule has 4 N–H and O–H groups in total. The Bertz CT molecular complexity index is 1970. The lowest BCUT2D eigenvalue weighted by atomic mass is 10.1. The predicted molar refractivity (Wildman–Crippen MR) is 188 cm³/mol. The Morgan fingerprint density at radius 1 is 0.723 bits per heavy atom. The zero-order chi connectivity index (χ0) is 33.5. The molecule has 0 spiro atoms. The van der Waals surface area contributed by atoms with Crippen molar-refractivity contribution in [2.45, 2.75) is 20.8 Å². The van der Waals surface area contributed by atoms with Gasteiger partial charge in [-0.05, 0) is 98.6 Å². The number of aromatic nitrogens is 2. The number of hydrogen-bond donors (Lipinski definition) is 3. The molecule has 0 atom stereocenters. The molecule has 2 heterocycles. The Morgan fingerprint density at radius 3 is 1.81 bits per heavy atom. The van der Waals surface area contributed by atoms with E-state index in [1.54, 1.807) is 19.2 Å². The lowest BCUT2D eigenvalue weighted by molar-refractivity contribution is -0.132. The van der Waals surface area contributed by atoms with Gasteiger partial charge in [-0.2, -0.15) is 0 Å². The molecule has 2 aromatic heterocycles. The van der Waals surface area contributed by atoms with Gasteiger partial charge in [0.15, 0.2) is 0 Å². The third-order valence-corrected chi connectivity index (χ3v) is 7.49. The highest BCUT2D eigenvalue weighted by Gasteiger charge is 2.15. The second kappa shape index (κ2) is 14.2. The number of carboxylic acids is 2. The highest BCUT2D eigenvalue weighted by molar-refractivity contribution is 5.93. The van der Waals surface area contributed by atoms with Gasteiger partial charge < -0.3 is 20.8 Å². The molecular weight excluding hydrogens is 588 g/mol. The van der Waals surface area contributed by atoms with Crippen molar-refractivity contribution in [1.29, 1.82) is 0 Å². The summed E-state index contributed by atoms with van der Waals surface area (Å²) in [5, 5.41) is 19.1. The molecule has 0 aliphatic heterocycles. The van der Waals surface area contributed by atoms with Crippen LogP contribution >= 0.6 is 0 Å². The van der Waals surface area contributed by atoms with Crippen LogP contribution < -0.4 is 10.6 Å². The Hall–Kier alpha value is -6.28. The predicted octanol–water partition coefficient (Wildman–Crippen LogP) is 8.43. The largest absolute Gasteiger partial charge is 0.478 e. The maximum absolute atomic E-state index is 11.9. The van der Waals surface area contributed by atoms with Crippen molar-refractivity contribution < 1.29 is 19.8 Å². The standard InChI is InChI=1S/C39H34N4O4/c1-4-29(38(44)45)22-34(40)35-23-30(39(46)47)24-37(42-35)36-21-28(19-20-41-36)10-9-27-11-17-33(18-12-27)43(31-13-5-25(2)6-14-31)32-15-7-26(3)8-16-32/h4-24H,40H2,1-3H3,(H,44,45)(H,46,47)/b10-9+,29-4+,34-22-. The number of aliphatic carboxylic acids is 1. The van der Waals surface area contributed by atoms with E-state index in [-0.39, 0.29) is 22.5 Å². The molecular formula is C39H34N4O4. The lowest BCUT2D eigenvalue weighted by Crippen LogP contribution is -2.09. The van der Waals surface area contributed by atoms with E-state index in [0.29, 0.717) is 11.4 Å². The van der Waals surface area contributed by atoms with E-state index in [2.05, 4.69) is 102 Å². The van der Waals surface area contributed by atoms with Gasteiger partial charge in [-0.3, -0.25) is 4.98 Å². The number of nitrogens with two attached hydrogens (primary N) is 1. The third kappa shape index (κ3) is 7.87. The summed E-state index contributed by atoms with van der Waals surface area (Å²) >= 11 is 0. The van der Waals surface area contributed by atoms with Crippen molar-refractivity contribution >= 4 is 46.8 Å². The Kier molecular flexibility index (Phi) is 9.72. The van der Waals surface area contributed by atoms with Crippen LogP contribution in [0.15, 0.2) is 121 Å². The summed E-state index contributed by atoms with van der Waals surface area (Å²) in [5.74, 6) is -2.33. The molecule has 0 amide bonds. The number of nitrogens with zero attached hydrogens (tertiary/aromatic N) is 3. The van der Waals surface area contributed by atoms with Crippen molar-refractivity contribution in [2.24, 2.45) is 5.73 Å². The van der Waals surface area contributed by atoms with E-state index in [4.69, 9.17) is 5.73 Å². The highest BCUT2D eigenvalue weighted by atomic mass is 16.4. The van der Waals surface area contributed by atoms with Crippen molar-refractivity contribution in [3.05, 3.63) is 154 Å². The van der Waals surface area contributed by atoms with E-state index in [0.717, 1.165) is 28.2 Å². The molecule has 0 bridgehead atoms. The van der Waals surface area contributed by atoms with Crippen LogP contribution in [-0.2, 0) is 4.79 Å². The fourth-order valence-corrected chi connectivity index (χ4v) is 4.90. The minimum absolute atomic E-state index is 0.0210. The van der Waals surface area contributed by atoms with Gasteiger partial charge in [-0.15, -0.1) is 0 Å². The number of benzene rings is 3. The number of carboxylic acid groups (broad SMARTS) is 2. The number of aromatic carboxylic acids is 1. The van der Waals surface area contributed by atoms with E-state index >= 15 is 0 Å². The molecule has 0 saturated heterocycles. The molecule has 0 fully saturated rings. The van der Waals surface area contributed by atoms with Crippen LogP contribution in [0.5, 0.6) is 0 Å². The lowest BCUT2D eigenvalue weighted by Gasteiger charge is -2.25. The molecule has 5 rings (SSSR count). The van der Waals surface area contributed by atoms with Crippen LogP contribution in [0.1, 0.15) is 45.2 Å². The van der Waals surface area contributed by atoms with Gasteiger partial charge in [-0.1, -0.05) is 65.8 Å². The fourth-order valence-electron chi connectivity index (χ4n) is 4.90. The van der Waals surface area contributed by atoms with Crippen molar-refractivity contribution in [3.8, 4) is 11.4 Å². The number of rotatable bonds is 10. The summed E-state index contributed by atoms with van der Waals surface area (Å²) in [7, 11) is 0. The maximum Gasteiger partial charge on any atom is 0.335 e. The monoisotopic (exact) mass is 622 g/mol. The minimum atomic E-state index is -1.17. The average Bonchev–Trinajstić information content (AvgIpc) is 3.08. The first-order chi connectivity index (χ1) is 22.6. The molecule has 5 aromatic rings. The molecule has 0 radical (unpaired) electrons. The van der Waals surface area contributed by atoms with Gasteiger partial charge in [-0.25, -0.2) is 14.6 Å². The summed E-state index contributed by atoms with van der Waals surface area (Å²) in [5.41, 5.74) is 14.3. The zero-order valence-corrected chi connectivity index (χ0v) is 26.3. The molecule has 0 saturated carbocycles. The smallest absolute Gasteiger partial charge is 0.335 e. The van der Waals surface area contributed by atoms with Gasteiger partial charge in [0.2, 0.25) is 0 Å². The number of allylic oxidation sites excluding steroid dienone is 1. The normalized spacial score (nSPS) is 11.9. The van der Waals surface area contributed by atoms with Gasteiger partial charge >= 0.3 is 11.9 Å². The summed E-state index contributed by atoms with van der Waals surface area (Å²) in [4.78, 5) is 34.5. The van der Waals surface area contributed by atoms with Gasteiger partial charge in [0.1, 0.15) is 0 Å². The SMILES string of the molecule is C/C=C(\C=C(/N)c1cc(C(=O)O)cc(-c2cc(/C=C/c3ccc(N(c4ccc(C)cc4)c4ccc(C)cc4)cc3)ccn2)n1)C(=O)O. The second-order valence-electron chi connectivity index (χ2n) is 11.0. The van der Waals surface area contributed by atoms with E-state index in [9.17, 15) is 19.8 Å². The first kappa shape index (κ1) is 32.1. The summed E-state index contributed by atoms with van der Waals surface area (Å²) in [6.45, 7) is 5.72. The number of aryl methyl sites for hydroxylation is 2. The quantitative estimate of drug-likeness (QED) is 0.105. The molecule has 0 aliphatic rings. The first-order valence-corrected chi connectivity index (χ1v) is 14.9. The van der Waals surface area contributed by atoms with Crippen LogP contribution in [0, 0.1) is 13.8 Å². The van der Waals surface area contributed by atoms with Gasteiger partial charge in [0.25, 0.3) is 0 Å². The Balaban J connectivity index is 1.42. The van der Waals surface area contributed by atoms with Crippen molar-refractivity contribution in [2.75, 3.05) is 4.90 Å². The topological polar surface area (TPSA) is 130 Å². The Morgan fingerprint density at radius 2 is 1.28 bits per heavy atom. The van der Waals surface area contributed by atoms with Crippen LogP contribution in [0.25, 0.3) is 29.2 Å². The minimum Gasteiger partial charge on any atom is -0.478 e. The fraction of sp³-hybridized carbons (Fsp3) is 0.0769. The number of pyridine rings is 2. The van der Waals surface area contributed by atoms with E-state index in [1.165, 1.54) is 35.4 Å². The first-order valence-electron chi connectivity index (χ1n) is 14.9. The van der Waals surface area contributed by atoms with E-state index in [1.807, 2.05) is 18.2 Å². The van der Waals surface area contributed by atoms with Crippen molar-refractivity contribution in [1.82, 2.24) is 9.97 Å². The molecule has 47 heavy (non-hydrogen) atoms. The molecule has 234 valence electrons. The molecule has 3 aromatic carbocycles. The van der Waals surface area contributed by atoms with Crippen LogP contribution in [0.3, 0.4) is 0 Å². The Labute approximate surface area is 273 Å². The molecule has 8 nitrogen and oxygen atoms in total. The number of carbonyl (C=O) groups is 2. The molecule has 8 heteroatoms. The summed E-state index contributed by atoms with van der Waals surface area (Å²) in [6, 6.07) is 31.5. The van der Waals surface area contributed by atoms with Gasteiger partial charge in [0.05, 0.1) is 33.9 Å². The average molecular weight is 623 g/mol. The summed E-state index contributed by atoms with van der Waals surface area (Å²) < 4.78 is 0. The molecule has 0 unspecified atom stereocenters. The molecule has 0 aliphatic carbocycles. The zero-order valence-electron chi connectivity index (χ0n) is 26.3. The van der Waals surface area contributed by atoms with Crippen LogP contribution in [0.2, 0.25) is 0 Å². The van der Waals surface area contributed by atoms with Gasteiger partial charge in [0, 0.05) is 23.3 Å². The summed E-state index contributed by atoms with van der Waals surface area (Å²) in [6.07, 6.45) is 8.20. The van der Waals surface area contributed by atoms with Crippen LogP contribution in [0.4, 0.5) is 17.1 Å². The third-order valence-electron chi connectivity index (χ3n) is 7.49. The van der Waals surface area contributed by atoms with Crippen LogP contribution in [-0.4, -0.2) is 32.1 Å². The highest BCUT2D eigenvalue weighted by Crippen LogP contribution is 2.35. The van der Waals surface area contributed by atoms with E-state index < -0.39 is 11.9 Å². The van der Waals surface area contributed by atoms with Crippen molar-refractivity contribution in [3.63, 3.8) is 0 Å². The number of hydrogen-bond acceptors (Lipinski definition) is 6. The number of anilines is 3. The maximum atomic E-state index is 11.9. The second-order valence-corrected chi connectivity index (χ2v) is 11.0.